The average Bonchev–Trinajstić information content (AvgIpc) is 2.44. The lowest BCUT2D eigenvalue weighted by Gasteiger charge is -2.20. The summed E-state index contributed by atoms with van der Waals surface area (Å²) in [5, 5.41) is 3.45. The zero-order valence-corrected chi connectivity index (χ0v) is 10.2. The normalized spacial score (nSPS) is 12.0. The van der Waals surface area contributed by atoms with Crippen LogP contribution in [0.3, 0.4) is 0 Å². The summed E-state index contributed by atoms with van der Waals surface area (Å²) >= 11 is 1.84. The molecular formula is C11H19NOS. The van der Waals surface area contributed by atoms with E-state index in [1.165, 1.54) is 4.90 Å². The van der Waals surface area contributed by atoms with Crippen LogP contribution in [0.4, 0.5) is 0 Å². The van der Waals surface area contributed by atoms with Crippen molar-refractivity contribution >= 4 is 11.8 Å². The molecule has 0 aromatic carbocycles. The van der Waals surface area contributed by atoms with E-state index >= 15 is 0 Å². The van der Waals surface area contributed by atoms with E-state index in [1.54, 1.807) is 6.26 Å². The lowest BCUT2D eigenvalue weighted by atomic mass is 10.1. The molecule has 1 aromatic heterocycles. The number of aryl methyl sites for hydroxylation is 1. The van der Waals surface area contributed by atoms with Gasteiger partial charge in [-0.1, -0.05) is 0 Å². The van der Waals surface area contributed by atoms with E-state index in [9.17, 15) is 0 Å². The summed E-state index contributed by atoms with van der Waals surface area (Å²) in [5.41, 5.74) is 0.214. The van der Waals surface area contributed by atoms with Gasteiger partial charge in [0.25, 0.3) is 0 Å². The Morgan fingerprint density at radius 2 is 2.14 bits per heavy atom. The van der Waals surface area contributed by atoms with Gasteiger partial charge in [-0.15, -0.1) is 11.8 Å². The molecule has 0 amide bonds. The molecule has 1 rings (SSSR count). The fraction of sp³-hybridized carbons (Fsp3) is 0.636. The third-order valence-corrected chi connectivity index (χ3v) is 2.97. The van der Waals surface area contributed by atoms with Gasteiger partial charge in [0.05, 0.1) is 6.26 Å². The first kappa shape index (κ1) is 11.7. The zero-order valence-electron chi connectivity index (χ0n) is 9.39. The number of rotatable bonds is 4. The van der Waals surface area contributed by atoms with E-state index in [0.29, 0.717) is 0 Å². The second kappa shape index (κ2) is 4.89. The maximum atomic E-state index is 5.22. The lowest BCUT2D eigenvalue weighted by Crippen LogP contribution is -2.37. The predicted octanol–water partition coefficient (Wildman–Crippen LogP) is 3.07. The molecule has 0 spiro atoms. The number of hydrogen-bond acceptors (Lipinski definition) is 3. The molecule has 0 saturated carbocycles. The zero-order chi connectivity index (χ0) is 10.6. The third-order valence-electron chi connectivity index (χ3n) is 1.83. The third kappa shape index (κ3) is 4.20. The molecule has 0 saturated heterocycles. The van der Waals surface area contributed by atoms with Gasteiger partial charge in [0.2, 0.25) is 0 Å². The summed E-state index contributed by atoms with van der Waals surface area (Å²) in [6.45, 7) is 9.57. The number of hydrogen-bond donors (Lipinski definition) is 1. The minimum Gasteiger partial charge on any atom is -0.468 e. The van der Waals surface area contributed by atoms with Crippen LogP contribution in [-0.2, 0) is 0 Å². The largest absolute Gasteiger partial charge is 0.468 e. The topological polar surface area (TPSA) is 25.2 Å². The Hall–Kier alpha value is -0.410. The molecule has 3 heteroatoms. The summed E-state index contributed by atoms with van der Waals surface area (Å²) in [4.78, 5) is 1.25. The van der Waals surface area contributed by atoms with Crippen LogP contribution in [0.15, 0.2) is 21.6 Å². The molecule has 0 aliphatic carbocycles. The van der Waals surface area contributed by atoms with Crippen molar-refractivity contribution in [2.45, 2.75) is 38.1 Å². The van der Waals surface area contributed by atoms with Gasteiger partial charge in [-0.3, -0.25) is 0 Å². The Bertz CT molecular complexity index is 275. The van der Waals surface area contributed by atoms with Crippen LogP contribution in [0, 0.1) is 6.92 Å². The monoisotopic (exact) mass is 213 g/mol. The van der Waals surface area contributed by atoms with E-state index in [4.69, 9.17) is 4.42 Å². The Kier molecular flexibility index (Phi) is 4.08. The van der Waals surface area contributed by atoms with Crippen molar-refractivity contribution < 1.29 is 4.42 Å². The van der Waals surface area contributed by atoms with Gasteiger partial charge in [0.1, 0.15) is 5.76 Å². The van der Waals surface area contributed by atoms with Gasteiger partial charge >= 0.3 is 0 Å². The maximum absolute atomic E-state index is 5.22. The van der Waals surface area contributed by atoms with Crippen molar-refractivity contribution in [1.29, 1.82) is 0 Å². The van der Waals surface area contributed by atoms with Crippen molar-refractivity contribution in [2.24, 2.45) is 0 Å². The number of thioether (sulfide) groups is 1. The minimum atomic E-state index is 0.214. The summed E-state index contributed by atoms with van der Waals surface area (Å²) in [6.07, 6.45) is 1.74. The molecule has 1 aromatic rings. The van der Waals surface area contributed by atoms with Gasteiger partial charge in [0.15, 0.2) is 0 Å². The van der Waals surface area contributed by atoms with E-state index in [2.05, 4.69) is 26.1 Å². The summed E-state index contributed by atoms with van der Waals surface area (Å²) in [5.74, 6) is 2.10. The second-order valence-corrected chi connectivity index (χ2v) is 5.50. The molecule has 0 bridgehead atoms. The molecule has 0 aliphatic heterocycles. The quantitative estimate of drug-likeness (QED) is 0.614. The number of nitrogens with one attached hydrogen (secondary N) is 1. The molecule has 0 radical (unpaired) electrons. The minimum absolute atomic E-state index is 0.214. The van der Waals surface area contributed by atoms with E-state index < -0.39 is 0 Å². The van der Waals surface area contributed by atoms with Crippen LogP contribution in [0.2, 0.25) is 0 Å². The highest BCUT2D eigenvalue weighted by Gasteiger charge is 2.08. The van der Waals surface area contributed by atoms with Crippen LogP contribution < -0.4 is 5.32 Å². The van der Waals surface area contributed by atoms with Crippen molar-refractivity contribution in [3.8, 4) is 0 Å². The van der Waals surface area contributed by atoms with Crippen LogP contribution in [-0.4, -0.2) is 17.8 Å². The van der Waals surface area contributed by atoms with Crippen LogP contribution in [0.25, 0.3) is 0 Å². The lowest BCUT2D eigenvalue weighted by molar-refractivity contribution is 0.441. The van der Waals surface area contributed by atoms with Gasteiger partial charge in [-0.25, -0.2) is 0 Å². The van der Waals surface area contributed by atoms with Crippen molar-refractivity contribution in [1.82, 2.24) is 5.32 Å². The number of furan rings is 1. The summed E-state index contributed by atoms with van der Waals surface area (Å²) in [6, 6.07) is 2.02. The maximum Gasteiger partial charge on any atom is 0.114 e. The predicted molar refractivity (Wildman–Crippen MR) is 61.9 cm³/mol. The summed E-state index contributed by atoms with van der Waals surface area (Å²) in [7, 11) is 0. The molecule has 1 N–H and O–H groups in total. The first-order valence-electron chi connectivity index (χ1n) is 4.91. The second-order valence-electron chi connectivity index (χ2n) is 4.37. The Morgan fingerprint density at radius 3 is 2.64 bits per heavy atom. The SMILES string of the molecule is Cc1occc1SCCNC(C)(C)C. The smallest absolute Gasteiger partial charge is 0.114 e. The molecule has 0 unspecified atom stereocenters. The van der Waals surface area contributed by atoms with Crippen molar-refractivity contribution in [3.63, 3.8) is 0 Å². The highest BCUT2D eigenvalue weighted by Crippen LogP contribution is 2.22. The first-order valence-corrected chi connectivity index (χ1v) is 5.89. The average molecular weight is 213 g/mol. The first-order chi connectivity index (χ1) is 6.49. The Morgan fingerprint density at radius 1 is 1.43 bits per heavy atom. The molecule has 80 valence electrons. The van der Waals surface area contributed by atoms with Gasteiger partial charge in [-0.2, -0.15) is 0 Å². The van der Waals surface area contributed by atoms with E-state index in [1.807, 2.05) is 24.8 Å². The molecule has 2 nitrogen and oxygen atoms in total. The molecule has 0 atom stereocenters. The van der Waals surface area contributed by atoms with Crippen LogP contribution >= 0.6 is 11.8 Å². The summed E-state index contributed by atoms with van der Waals surface area (Å²) < 4.78 is 5.22. The molecule has 0 aliphatic rings. The highest BCUT2D eigenvalue weighted by atomic mass is 32.2. The van der Waals surface area contributed by atoms with Gasteiger partial charge in [0, 0.05) is 22.7 Å². The van der Waals surface area contributed by atoms with Crippen LogP contribution in [0.5, 0.6) is 0 Å². The van der Waals surface area contributed by atoms with Crippen LogP contribution in [0.1, 0.15) is 26.5 Å². The highest BCUT2D eigenvalue weighted by molar-refractivity contribution is 7.99. The van der Waals surface area contributed by atoms with Gasteiger partial charge < -0.3 is 9.73 Å². The van der Waals surface area contributed by atoms with Crippen molar-refractivity contribution in [2.75, 3.05) is 12.3 Å². The fourth-order valence-corrected chi connectivity index (χ4v) is 1.94. The van der Waals surface area contributed by atoms with E-state index in [-0.39, 0.29) is 5.54 Å². The Balaban J connectivity index is 2.20. The van der Waals surface area contributed by atoms with Crippen molar-refractivity contribution in [3.05, 3.63) is 18.1 Å². The molecule has 14 heavy (non-hydrogen) atoms. The van der Waals surface area contributed by atoms with Gasteiger partial charge in [-0.05, 0) is 33.8 Å². The molecular weight excluding hydrogens is 194 g/mol. The molecule has 1 heterocycles. The van der Waals surface area contributed by atoms with E-state index in [0.717, 1.165) is 18.1 Å². The Labute approximate surface area is 90.5 Å². The fourth-order valence-electron chi connectivity index (χ4n) is 1.11. The standard InChI is InChI=1S/C11H19NOS/c1-9-10(5-7-13-9)14-8-6-12-11(2,3)4/h5,7,12H,6,8H2,1-4H3. The molecule has 0 fully saturated rings.